The molecule has 0 aromatic heterocycles. The lowest BCUT2D eigenvalue weighted by Gasteiger charge is -2.13. The van der Waals surface area contributed by atoms with Gasteiger partial charge in [0, 0.05) is 6.04 Å². The van der Waals surface area contributed by atoms with E-state index in [-0.39, 0.29) is 16.9 Å². The number of halogens is 2. The fraction of sp³-hybridized carbons (Fsp3) is 0.250. The molecule has 0 aliphatic rings. The summed E-state index contributed by atoms with van der Waals surface area (Å²) < 4.78 is 13.3. The monoisotopic (exact) mass is 277 g/mol. The van der Waals surface area contributed by atoms with Crippen LogP contribution in [0.4, 0.5) is 4.39 Å². The van der Waals surface area contributed by atoms with E-state index in [0.29, 0.717) is 6.42 Å². The summed E-state index contributed by atoms with van der Waals surface area (Å²) in [4.78, 5) is 0. The molecule has 0 amide bonds. The highest BCUT2D eigenvalue weighted by molar-refractivity contribution is 6.31. The Bertz CT molecular complexity index is 528. The Morgan fingerprint density at radius 1 is 1.05 bits per heavy atom. The number of aryl methyl sites for hydroxylation is 1. The molecule has 0 bridgehead atoms. The zero-order valence-electron chi connectivity index (χ0n) is 10.7. The summed E-state index contributed by atoms with van der Waals surface area (Å²) in [7, 11) is 0. The van der Waals surface area contributed by atoms with Crippen LogP contribution >= 0.6 is 11.6 Å². The van der Waals surface area contributed by atoms with Crippen molar-refractivity contribution in [2.75, 3.05) is 0 Å². The van der Waals surface area contributed by atoms with E-state index in [2.05, 4.69) is 12.1 Å². The van der Waals surface area contributed by atoms with E-state index in [1.807, 2.05) is 24.3 Å². The lowest BCUT2D eigenvalue weighted by molar-refractivity contribution is 0.599. The molecular formula is C16H17ClFN. The van der Waals surface area contributed by atoms with E-state index < -0.39 is 0 Å². The van der Waals surface area contributed by atoms with Crippen LogP contribution in [0.3, 0.4) is 0 Å². The molecule has 100 valence electrons. The Labute approximate surface area is 118 Å². The van der Waals surface area contributed by atoms with Crippen LogP contribution in [-0.4, -0.2) is 6.04 Å². The van der Waals surface area contributed by atoms with Gasteiger partial charge in [-0.05, 0) is 36.5 Å². The van der Waals surface area contributed by atoms with E-state index in [0.717, 1.165) is 18.4 Å². The first-order chi connectivity index (χ1) is 9.16. The van der Waals surface area contributed by atoms with Crippen molar-refractivity contribution < 1.29 is 4.39 Å². The van der Waals surface area contributed by atoms with Crippen molar-refractivity contribution in [3.05, 3.63) is 70.5 Å². The van der Waals surface area contributed by atoms with Gasteiger partial charge in [0.05, 0.1) is 5.02 Å². The van der Waals surface area contributed by atoms with Gasteiger partial charge < -0.3 is 5.73 Å². The first kappa shape index (κ1) is 14.0. The first-order valence-electron chi connectivity index (χ1n) is 6.39. The molecule has 0 fully saturated rings. The maximum absolute atomic E-state index is 13.3. The number of rotatable bonds is 5. The van der Waals surface area contributed by atoms with Crippen LogP contribution in [0, 0.1) is 5.82 Å². The molecule has 3 heteroatoms. The fourth-order valence-corrected chi connectivity index (χ4v) is 2.29. The summed E-state index contributed by atoms with van der Waals surface area (Å²) in [5.41, 5.74) is 8.14. The smallest absolute Gasteiger partial charge is 0.142 e. The molecule has 0 saturated heterocycles. The maximum Gasteiger partial charge on any atom is 0.142 e. The normalized spacial score (nSPS) is 12.4. The Hall–Kier alpha value is -1.38. The van der Waals surface area contributed by atoms with Crippen LogP contribution in [0.2, 0.25) is 5.02 Å². The molecule has 2 N–H and O–H groups in total. The standard InChI is InChI=1S/C16H17ClFN/c17-16-13(7-4-8-15(16)18)11-14(19)10-9-12-5-2-1-3-6-12/h1-8,14H,9-11,19H2. The van der Waals surface area contributed by atoms with Gasteiger partial charge in [-0.3, -0.25) is 0 Å². The predicted octanol–water partition coefficient (Wildman–Crippen LogP) is 3.98. The molecule has 0 aliphatic carbocycles. The lowest BCUT2D eigenvalue weighted by atomic mass is 10.00. The van der Waals surface area contributed by atoms with Gasteiger partial charge >= 0.3 is 0 Å². The van der Waals surface area contributed by atoms with Gasteiger partial charge in [0.15, 0.2) is 0 Å². The van der Waals surface area contributed by atoms with Crippen LogP contribution in [0.25, 0.3) is 0 Å². The number of nitrogens with two attached hydrogens (primary N) is 1. The zero-order chi connectivity index (χ0) is 13.7. The Morgan fingerprint density at radius 3 is 2.53 bits per heavy atom. The van der Waals surface area contributed by atoms with E-state index >= 15 is 0 Å². The lowest BCUT2D eigenvalue weighted by Crippen LogP contribution is -2.23. The highest BCUT2D eigenvalue weighted by atomic mass is 35.5. The third-order valence-corrected chi connectivity index (χ3v) is 3.58. The van der Waals surface area contributed by atoms with Gasteiger partial charge in [-0.15, -0.1) is 0 Å². The van der Waals surface area contributed by atoms with Crippen LogP contribution in [-0.2, 0) is 12.8 Å². The topological polar surface area (TPSA) is 26.0 Å². The van der Waals surface area contributed by atoms with Crippen LogP contribution in [0.15, 0.2) is 48.5 Å². The van der Waals surface area contributed by atoms with E-state index in [1.165, 1.54) is 11.6 Å². The van der Waals surface area contributed by atoms with Crippen molar-refractivity contribution in [1.82, 2.24) is 0 Å². The highest BCUT2D eigenvalue weighted by Crippen LogP contribution is 2.21. The van der Waals surface area contributed by atoms with Crippen molar-refractivity contribution in [3.8, 4) is 0 Å². The largest absolute Gasteiger partial charge is 0.327 e. The van der Waals surface area contributed by atoms with Crippen molar-refractivity contribution in [2.45, 2.75) is 25.3 Å². The molecule has 2 aromatic carbocycles. The molecule has 0 saturated carbocycles. The Balaban J connectivity index is 1.91. The van der Waals surface area contributed by atoms with E-state index in [1.54, 1.807) is 6.07 Å². The second-order valence-electron chi connectivity index (χ2n) is 4.70. The Morgan fingerprint density at radius 2 is 1.79 bits per heavy atom. The number of benzene rings is 2. The Kier molecular flexibility index (Phi) is 4.94. The summed E-state index contributed by atoms with van der Waals surface area (Å²) in [5, 5.41) is 0.192. The van der Waals surface area contributed by atoms with Gasteiger partial charge in [-0.2, -0.15) is 0 Å². The molecule has 1 nitrogen and oxygen atoms in total. The summed E-state index contributed by atoms with van der Waals surface area (Å²) in [6.07, 6.45) is 2.38. The molecule has 1 atom stereocenters. The molecule has 1 unspecified atom stereocenters. The second kappa shape index (κ2) is 6.69. The summed E-state index contributed by atoms with van der Waals surface area (Å²) in [6.45, 7) is 0. The van der Waals surface area contributed by atoms with Crippen LogP contribution in [0.5, 0.6) is 0 Å². The van der Waals surface area contributed by atoms with E-state index in [4.69, 9.17) is 17.3 Å². The number of hydrogen-bond donors (Lipinski definition) is 1. The van der Waals surface area contributed by atoms with Crippen molar-refractivity contribution in [1.29, 1.82) is 0 Å². The number of hydrogen-bond acceptors (Lipinski definition) is 1. The summed E-state index contributed by atoms with van der Waals surface area (Å²) >= 11 is 5.92. The minimum absolute atomic E-state index is 0.0143. The summed E-state index contributed by atoms with van der Waals surface area (Å²) in [6, 6.07) is 15.0. The third-order valence-electron chi connectivity index (χ3n) is 3.16. The molecule has 0 heterocycles. The van der Waals surface area contributed by atoms with Gasteiger partial charge in [0.1, 0.15) is 5.82 Å². The average Bonchev–Trinajstić information content (AvgIpc) is 2.43. The molecule has 2 rings (SSSR count). The maximum atomic E-state index is 13.3. The van der Waals surface area contributed by atoms with Gasteiger partial charge in [0.2, 0.25) is 0 Å². The highest BCUT2D eigenvalue weighted by Gasteiger charge is 2.10. The van der Waals surface area contributed by atoms with E-state index in [9.17, 15) is 4.39 Å². The predicted molar refractivity (Wildman–Crippen MR) is 77.9 cm³/mol. The first-order valence-corrected chi connectivity index (χ1v) is 6.77. The second-order valence-corrected chi connectivity index (χ2v) is 5.08. The molecule has 2 aromatic rings. The quantitative estimate of drug-likeness (QED) is 0.879. The average molecular weight is 278 g/mol. The van der Waals surface area contributed by atoms with Crippen molar-refractivity contribution in [2.24, 2.45) is 5.73 Å². The van der Waals surface area contributed by atoms with Crippen molar-refractivity contribution in [3.63, 3.8) is 0 Å². The molecule has 19 heavy (non-hydrogen) atoms. The van der Waals surface area contributed by atoms with Gasteiger partial charge in [-0.1, -0.05) is 54.1 Å². The molecular weight excluding hydrogens is 261 g/mol. The summed E-state index contributed by atoms with van der Waals surface area (Å²) in [5.74, 6) is -0.380. The molecule has 0 radical (unpaired) electrons. The minimum atomic E-state index is -0.380. The SMILES string of the molecule is NC(CCc1ccccc1)Cc1cccc(F)c1Cl. The molecule has 0 spiro atoms. The van der Waals surface area contributed by atoms with Gasteiger partial charge in [0.25, 0.3) is 0 Å². The van der Waals surface area contributed by atoms with Crippen LogP contribution < -0.4 is 5.73 Å². The van der Waals surface area contributed by atoms with Crippen molar-refractivity contribution >= 4 is 11.6 Å². The zero-order valence-corrected chi connectivity index (χ0v) is 11.4. The third kappa shape index (κ3) is 4.05. The van der Waals surface area contributed by atoms with Gasteiger partial charge in [-0.25, -0.2) is 4.39 Å². The van der Waals surface area contributed by atoms with Crippen LogP contribution in [0.1, 0.15) is 17.5 Å². The molecule has 0 aliphatic heterocycles. The fourth-order valence-electron chi connectivity index (χ4n) is 2.09. The minimum Gasteiger partial charge on any atom is -0.327 e.